The van der Waals surface area contributed by atoms with Crippen LogP contribution in [0.3, 0.4) is 0 Å². The van der Waals surface area contributed by atoms with Gasteiger partial charge in [0.2, 0.25) is 5.91 Å². The minimum Gasteiger partial charge on any atom is -0.406 e. The molecule has 0 spiro atoms. The molecular weight excluding hydrogens is 375 g/mol. The number of rotatable bonds is 3. The number of amides is 1. The number of halogens is 3. The van der Waals surface area contributed by atoms with Crippen LogP contribution in [-0.4, -0.2) is 46.9 Å². The molecule has 2 heterocycles. The fraction of sp³-hybridized carbons (Fsp3) is 0.474. The summed E-state index contributed by atoms with van der Waals surface area (Å²) in [4.78, 5) is 22.0. The lowest BCUT2D eigenvalue weighted by Gasteiger charge is -2.38. The molecule has 2 aromatic rings. The molecule has 1 N–H and O–H groups in total. The van der Waals surface area contributed by atoms with Crippen LogP contribution in [0, 0.1) is 5.41 Å². The molecule has 3 rings (SSSR count). The average Bonchev–Trinajstić information content (AvgIpc) is 3.09. The lowest BCUT2D eigenvalue weighted by molar-refractivity contribution is -0.274. The van der Waals surface area contributed by atoms with Gasteiger partial charge >= 0.3 is 6.36 Å². The van der Waals surface area contributed by atoms with Crippen molar-refractivity contribution >= 4 is 5.91 Å². The summed E-state index contributed by atoms with van der Waals surface area (Å²) in [6.45, 7) is 6.85. The maximum Gasteiger partial charge on any atom is 0.573 e. The Labute approximate surface area is 160 Å². The standard InChI is InChI=1S/C19H22F3N3O3/c1-18(2,3)17(26)25-8-9-27-11-15(25)16-23-10-14(24-16)12-4-6-13(7-5-12)28-19(20,21)22/h4-7,10,15H,8-9,11H2,1-3H3,(H,23,24). The van der Waals surface area contributed by atoms with Crippen LogP contribution in [0.15, 0.2) is 30.5 Å². The summed E-state index contributed by atoms with van der Waals surface area (Å²) in [5.41, 5.74) is 0.750. The molecule has 0 aliphatic carbocycles. The van der Waals surface area contributed by atoms with Crippen LogP contribution < -0.4 is 4.74 Å². The second kappa shape index (κ2) is 7.46. The fourth-order valence-corrected chi connectivity index (χ4v) is 2.99. The highest BCUT2D eigenvalue weighted by atomic mass is 19.4. The molecule has 1 fully saturated rings. The summed E-state index contributed by atoms with van der Waals surface area (Å²) in [6, 6.07) is 5.15. The van der Waals surface area contributed by atoms with E-state index in [1.165, 1.54) is 24.3 Å². The Kier molecular flexibility index (Phi) is 5.38. The minimum absolute atomic E-state index is 0.00685. The number of carbonyl (C=O) groups is 1. The maximum absolute atomic E-state index is 12.8. The average molecular weight is 397 g/mol. The predicted molar refractivity (Wildman–Crippen MR) is 95.4 cm³/mol. The van der Waals surface area contributed by atoms with E-state index < -0.39 is 11.8 Å². The number of aromatic amines is 1. The van der Waals surface area contributed by atoms with Crippen molar-refractivity contribution in [1.29, 1.82) is 0 Å². The number of carbonyl (C=O) groups excluding carboxylic acids is 1. The zero-order chi connectivity index (χ0) is 20.5. The Hall–Kier alpha value is -2.55. The van der Waals surface area contributed by atoms with Crippen LogP contribution in [0.5, 0.6) is 5.75 Å². The smallest absolute Gasteiger partial charge is 0.406 e. The van der Waals surface area contributed by atoms with Gasteiger partial charge in [-0.3, -0.25) is 4.79 Å². The molecule has 1 atom stereocenters. The molecule has 1 aliphatic heterocycles. The number of aromatic nitrogens is 2. The van der Waals surface area contributed by atoms with Crippen LogP contribution in [0.1, 0.15) is 32.6 Å². The van der Waals surface area contributed by atoms with Crippen molar-refractivity contribution in [2.75, 3.05) is 19.8 Å². The number of hydrogen-bond donors (Lipinski definition) is 1. The first-order valence-electron chi connectivity index (χ1n) is 8.84. The van der Waals surface area contributed by atoms with Gasteiger partial charge in [0, 0.05) is 12.0 Å². The number of morpholine rings is 1. The first kappa shape index (κ1) is 20.2. The number of nitrogens with one attached hydrogen (secondary N) is 1. The third-order valence-electron chi connectivity index (χ3n) is 4.34. The van der Waals surface area contributed by atoms with Gasteiger partial charge in [-0.25, -0.2) is 4.98 Å². The van der Waals surface area contributed by atoms with Crippen molar-refractivity contribution in [2.24, 2.45) is 5.41 Å². The van der Waals surface area contributed by atoms with Gasteiger partial charge in [0.25, 0.3) is 0 Å². The maximum atomic E-state index is 12.8. The predicted octanol–water partition coefficient (Wildman–Crippen LogP) is 3.92. The lowest BCUT2D eigenvalue weighted by atomic mass is 9.93. The number of imidazole rings is 1. The molecule has 1 saturated heterocycles. The molecule has 28 heavy (non-hydrogen) atoms. The molecule has 1 aromatic carbocycles. The molecule has 1 unspecified atom stereocenters. The van der Waals surface area contributed by atoms with Crippen molar-refractivity contribution < 1.29 is 27.4 Å². The van der Waals surface area contributed by atoms with E-state index in [9.17, 15) is 18.0 Å². The summed E-state index contributed by atoms with van der Waals surface area (Å²) < 4.78 is 46.2. The van der Waals surface area contributed by atoms with E-state index in [4.69, 9.17) is 4.74 Å². The second-order valence-electron chi connectivity index (χ2n) is 7.59. The number of benzene rings is 1. The molecule has 0 saturated carbocycles. The number of ether oxygens (including phenoxy) is 2. The number of nitrogens with zero attached hydrogens (tertiary/aromatic N) is 2. The van der Waals surface area contributed by atoms with E-state index in [0.717, 1.165) is 0 Å². The van der Waals surface area contributed by atoms with Crippen LogP contribution in [-0.2, 0) is 9.53 Å². The fourth-order valence-electron chi connectivity index (χ4n) is 2.99. The molecule has 6 nitrogen and oxygen atoms in total. The highest BCUT2D eigenvalue weighted by Gasteiger charge is 2.36. The van der Waals surface area contributed by atoms with Gasteiger partial charge in [-0.05, 0) is 29.8 Å². The monoisotopic (exact) mass is 397 g/mol. The van der Waals surface area contributed by atoms with Gasteiger partial charge in [0.15, 0.2) is 0 Å². The lowest BCUT2D eigenvalue weighted by Crippen LogP contribution is -2.48. The molecule has 1 aliphatic rings. The van der Waals surface area contributed by atoms with Crippen LogP contribution in [0.25, 0.3) is 11.3 Å². The first-order chi connectivity index (χ1) is 13.0. The summed E-state index contributed by atoms with van der Waals surface area (Å²) in [5.74, 6) is 0.286. The summed E-state index contributed by atoms with van der Waals surface area (Å²) in [5, 5.41) is 0. The zero-order valence-electron chi connectivity index (χ0n) is 15.8. The molecule has 1 amide bonds. The molecular formula is C19H22F3N3O3. The van der Waals surface area contributed by atoms with Crippen LogP contribution in [0.4, 0.5) is 13.2 Å². The number of alkyl halides is 3. The molecule has 152 valence electrons. The number of hydrogen-bond acceptors (Lipinski definition) is 4. The Balaban J connectivity index is 1.80. The highest BCUT2D eigenvalue weighted by molar-refractivity contribution is 5.82. The Morgan fingerprint density at radius 2 is 1.93 bits per heavy atom. The van der Waals surface area contributed by atoms with Gasteiger partial charge in [-0.15, -0.1) is 13.2 Å². The zero-order valence-corrected chi connectivity index (χ0v) is 15.8. The SMILES string of the molecule is CC(C)(C)C(=O)N1CCOCC1c1ncc(-c2ccc(OC(F)(F)F)cc2)[nH]1. The van der Waals surface area contributed by atoms with Crippen molar-refractivity contribution in [3.8, 4) is 17.0 Å². The van der Waals surface area contributed by atoms with Gasteiger partial charge < -0.3 is 19.4 Å². The molecule has 9 heteroatoms. The van der Waals surface area contributed by atoms with E-state index in [1.54, 1.807) is 11.1 Å². The second-order valence-corrected chi connectivity index (χ2v) is 7.59. The van der Waals surface area contributed by atoms with E-state index >= 15 is 0 Å². The van der Waals surface area contributed by atoms with Crippen molar-refractivity contribution in [2.45, 2.75) is 33.2 Å². The van der Waals surface area contributed by atoms with E-state index in [1.807, 2.05) is 20.8 Å². The minimum atomic E-state index is -4.73. The largest absolute Gasteiger partial charge is 0.573 e. The molecule has 0 radical (unpaired) electrons. The van der Waals surface area contributed by atoms with E-state index in [2.05, 4.69) is 14.7 Å². The number of H-pyrrole nitrogens is 1. The van der Waals surface area contributed by atoms with E-state index in [0.29, 0.717) is 36.8 Å². The first-order valence-corrected chi connectivity index (χ1v) is 8.84. The van der Waals surface area contributed by atoms with Gasteiger partial charge in [0.1, 0.15) is 17.6 Å². The van der Waals surface area contributed by atoms with Crippen molar-refractivity contribution in [1.82, 2.24) is 14.9 Å². The van der Waals surface area contributed by atoms with Gasteiger partial charge in [0.05, 0.1) is 25.1 Å². The topological polar surface area (TPSA) is 67.5 Å². The van der Waals surface area contributed by atoms with Gasteiger partial charge in [-0.1, -0.05) is 20.8 Å². The normalized spacial score (nSPS) is 18.2. The Bertz CT molecular complexity index is 825. The van der Waals surface area contributed by atoms with Crippen LogP contribution >= 0.6 is 0 Å². The summed E-state index contributed by atoms with van der Waals surface area (Å²) in [7, 11) is 0. The van der Waals surface area contributed by atoms with Crippen molar-refractivity contribution in [3.05, 3.63) is 36.3 Å². The molecule has 0 bridgehead atoms. The van der Waals surface area contributed by atoms with Crippen molar-refractivity contribution in [3.63, 3.8) is 0 Å². The van der Waals surface area contributed by atoms with E-state index in [-0.39, 0.29) is 17.7 Å². The van der Waals surface area contributed by atoms with Crippen LogP contribution in [0.2, 0.25) is 0 Å². The quantitative estimate of drug-likeness (QED) is 0.853. The third kappa shape index (κ3) is 4.64. The summed E-state index contributed by atoms with van der Waals surface area (Å²) in [6.07, 6.45) is -3.14. The summed E-state index contributed by atoms with van der Waals surface area (Å²) >= 11 is 0. The molecule has 1 aromatic heterocycles. The third-order valence-corrected chi connectivity index (χ3v) is 4.34. The Morgan fingerprint density at radius 1 is 1.25 bits per heavy atom. The highest BCUT2D eigenvalue weighted by Crippen LogP contribution is 2.30. The Morgan fingerprint density at radius 3 is 2.54 bits per heavy atom. The van der Waals surface area contributed by atoms with Gasteiger partial charge in [-0.2, -0.15) is 0 Å².